The minimum atomic E-state index is -0.454. The predicted octanol–water partition coefficient (Wildman–Crippen LogP) is 4.12. The summed E-state index contributed by atoms with van der Waals surface area (Å²) >= 11 is 2.38. The van der Waals surface area contributed by atoms with Crippen molar-refractivity contribution < 1.29 is 9.53 Å². The molecule has 0 aliphatic carbocycles. The lowest BCUT2D eigenvalue weighted by molar-refractivity contribution is -0.0244. The minimum absolute atomic E-state index is 0.212. The van der Waals surface area contributed by atoms with Crippen LogP contribution >= 0.6 is 22.6 Å². The predicted molar refractivity (Wildman–Crippen MR) is 101 cm³/mol. The number of rotatable bonds is 2. The van der Waals surface area contributed by atoms with E-state index in [9.17, 15) is 4.79 Å². The molecule has 0 bridgehead atoms. The highest BCUT2D eigenvalue weighted by atomic mass is 127. The molecule has 0 radical (unpaired) electrons. The van der Waals surface area contributed by atoms with Gasteiger partial charge in [0.2, 0.25) is 0 Å². The smallest absolute Gasteiger partial charge is 0.410 e. The molecule has 2 rings (SSSR count). The monoisotopic (exact) mass is 430 g/mol. The van der Waals surface area contributed by atoms with Gasteiger partial charge in [-0.15, -0.1) is 0 Å². The van der Waals surface area contributed by atoms with Gasteiger partial charge in [-0.05, 0) is 68.8 Å². The molecule has 1 aliphatic heterocycles. The van der Waals surface area contributed by atoms with Crippen molar-refractivity contribution in [2.45, 2.75) is 52.3 Å². The Balaban J connectivity index is 2.02. The molecule has 1 saturated heterocycles. The van der Waals surface area contributed by atoms with Gasteiger partial charge in [-0.3, -0.25) is 4.90 Å². The number of halogens is 1. The lowest BCUT2D eigenvalue weighted by Crippen LogP contribution is -2.61. The van der Waals surface area contributed by atoms with Crippen LogP contribution in [0.2, 0.25) is 0 Å². The molecule has 5 heteroatoms. The van der Waals surface area contributed by atoms with Crippen LogP contribution in [-0.2, 0) is 11.3 Å². The number of carbonyl (C=O) groups is 1. The molecular weight excluding hydrogens is 403 g/mol. The highest BCUT2D eigenvalue weighted by molar-refractivity contribution is 14.1. The second-order valence-corrected chi connectivity index (χ2v) is 8.91. The van der Waals surface area contributed by atoms with Crippen LogP contribution in [0, 0.1) is 3.57 Å². The third kappa shape index (κ3) is 5.08. The van der Waals surface area contributed by atoms with Crippen molar-refractivity contribution in [1.29, 1.82) is 0 Å². The molecule has 128 valence electrons. The van der Waals surface area contributed by atoms with Gasteiger partial charge in [0.1, 0.15) is 5.60 Å². The van der Waals surface area contributed by atoms with Gasteiger partial charge < -0.3 is 9.64 Å². The lowest BCUT2D eigenvalue weighted by atomic mass is 9.99. The first kappa shape index (κ1) is 18.5. The fourth-order valence-electron chi connectivity index (χ4n) is 2.91. The first-order chi connectivity index (χ1) is 10.6. The Labute approximate surface area is 153 Å². The van der Waals surface area contributed by atoms with Gasteiger partial charge in [0.15, 0.2) is 0 Å². The highest BCUT2D eigenvalue weighted by Gasteiger charge is 2.38. The van der Waals surface area contributed by atoms with Crippen LogP contribution in [0.4, 0.5) is 4.79 Å². The maximum Gasteiger partial charge on any atom is 0.410 e. The Morgan fingerprint density at radius 1 is 1.26 bits per heavy atom. The zero-order valence-corrected chi connectivity index (χ0v) is 16.9. The third-order valence-corrected chi connectivity index (χ3v) is 5.00. The van der Waals surface area contributed by atoms with Gasteiger partial charge in [-0.2, -0.15) is 0 Å². The SMILES string of the molecule is CC(C)(C)OC(=O)N1CCN(Cc2ccccc2I)CC1(C)C. The zero-order valence-electron chi connectivity index (χ0n) is 14.7. The Hall–Kier alpha value is -0.820. The van der Waals surface area contributed by atoms with Crippen LogP contribution in [0.1, 0.15) is 40.2 Å². The summed E-state index contributed by atoms with van der Waals surface area (Å²) < 4.78 is 6.84. The summed E-state index contributed by atoms with van der Waals surface area (Å²) in [4.78, 5) is 16.7. The normalized spacial score (nSPS) is 18.8. The number of benzene rings is 1. The summed E-state index contributed by atoms with van der Waals surface area (Å²) in [7, 11) is 0. The largest absolute Gasteiger partial charge is 0.444 e. The molecule has 0 spiro atoms. The van der Waals surface area contributed by atoms with E-state index in [1.807, 2.05) is 25.7 Å². The molecule has 23 heavy (non-hydrogen) atoms. The number of amides is 1. The second kappa shape index (κ2) is 6.97. The van der Waals surface area contributed by atoms with E-state index in [0.29, 0.717) is 6.54 Å². The summed E-state index contributed by atoms with van der Waals surface area (Å²) in [5.41, 5.74) is 0.653. The van der Waals surface area contributed by atoms with Crippen LogP contribution in [0.25, 0.3) is 0 Å². The van der Waals surface area contributed by atoms with E-state index in [4.69, 9.17) is 4.74 Å². The molecule has 1 heterocycles. The number of carbonyl (C=O) groups excluding carboxylic acids is 1. The van der Waals surface area contributed by atoms with Gasteiger partial charge in [-0.1, -0.05) is 18.2 Å². The molecule has 1 aromatic rings. The second-order valence-electron chi connectivity index (χ2n) is 7.75. The van der Waals surface area contributed by atoms with Gasteiger partial charge >= 0.3 is 6.09 Å². The van der Waals surface area contributed by atoms with Crippen LogP contribution in [-0.4, -0.2) is 46.7 Å². The summed E-state index contributed by atoms with van der Waals surface area (Å²) in [6.45, 7) is 13.3. The van der Waals surface area contributed by atoms with Crippen molar-refractivity contribution >= 4 is 28.7 Å². The quantitative estimate of drug-likeness (QED) is 0.662. The van der Waals surface area contributed by atoms with Crippen molar-refractivity contribution in [2.75, 3.05) is 19.6 Å². The van der Waals surface area contributed by atoms with Crippen LogP contribution in [0.3, 0.4) is 0 Å². The van der Waals surface area contributed by atoms with Gasteiger partial charge in [0.25, 0.3) is 0 Å². The van der Waals surface area contributed by atoms with E-state index in [-0.39, 0.29) is 11.6 Å². The van der Waals surface area contributed by atoms with Gasteiger partial charge in [-0.25, -0.2) is 4.79 Å². The van der Waals surface area contributed by atoms with E-state index in [1.165, 1.54) is 9.13 Å². The summed E-state index contributed by atoms with van der Waals surface area (Å²) in [5.74, 6) is 0. The fourth-order valence-corrected chi connectivity index (χ4v) is 3.47. The van der Waals surface area contributed by atoms with E-state index in [2.05, 4.69) is 65.6 Å². The van der Waals surface area contributed by atoms with Crippen LogP contribution in [0.15, 0.2) is 24.3 Å². The van der Waals surface area contributed by atoms with Gasteiger partial charge in [0.05, 0.1) is 5.54 Å². The number of hydrogen-bond donors (Lipinski definition) is 0. The molecule has 0 aromatic heterocycles. The maximum absolute atomic E-state index is 12.4. The van der Waals surface area contributed by atoms with E-state index >= 15 is 0 Å². The molecule has 1 fully saturated rings. The average Bonchev–Trinajstić information content (AvgIpc) is 2.38. The van der Waals surface area contributed by atoms with Crippen molar-refractivity contribution in [1.82, 2.24) is 9.80 Å². The molecule has 0 unspecified atom stereocenters. The lowest BCUT2D eigenvalue weighted by Gasteiger charge is -2.47. The Bertz CT molecular complexity index is 566. The Kier molecular flexibility index (Phi) is 5.61. The van der Waals surface area contributed by atoms with Crippen molar-refractivity contribution in [3.63, 3.8) is 0 Å². The molecule has 1 aromatic carbocycles. The summed E-state index contributed by atoms with van der Waals surface area (Å²) in [6, 6.07) is 8.46. The van der Waals surface area contributed by atoms with E-state index < -0.39 is 5.60 Å². The van der Waals surface area contributed by atoms with E-state index in [1.54, 1.807) is 0 Å². The Morgan fingerprint density at radius 2 is 1.91 bits per heavy atom. The number of ether oxygens (including phenoxy) is 1. The molecule has 0 saturated carbocycles. The molecule has 4 nitrogen and oxygen atoms in total. The first-order valence-electron chi connectivity index (χ1n) is 8.05. The molecule has 1 aliphatic rings. The van der Waals surface area contributed by atoms with Crippen LogP contribution < -0.4 is 0 Å². The molecule has 1 amide bonds. The van der Waals surface area contributed by atoms with Crippen LogP contribution in [0.5, 0.6) is 0 Å². The zero-order chi connectivity index (χ0) is 17.3. The number of piperazine rings is 1. The number of nitrogens with zero attached hydrogens (tertiary/aromatic N) is 2. The first-order valence-corrected chi connectivity index (χ1v) is 9.13. The molecular formula is C18H27IN2O2. The molecule has 0 atom stereocenters. The minimum Gasteiger partial charge on any atom is -0.444 e. The van der Waals surface area contributed by atoms with Crippen molar-refractivity contribution in [3.8, 4) is 0 Å². The van der Waals surface area contributed by atoms with Crippen molar-refractivity contribution in [2.24, 2.45) is 0 Å². The van der Waals surface area contributed by atoms with Crippen molar-refractivity contribution in [3.05, 3.63) is 33.4 Å². The standard InChI is InChI=1S/C18H27IN2O2/c1-17(2,3)23-16(22)21-11-10-20(13-18(21,4)5)12-14-8-6-7-9-15(14)19/h6-9H,10-13H2,1-5H3. The summed E-state index contributed by atoms with van der Waals surface area (Å²) in [5, 5.41) is 0. The fraction of sp³-hybridized carbons (Fsp3) is 0.611. The maximum atomic E-state index is 12.4. The Morgan fingerprint density at radius 3 is 2.48 bits per heavy atom. The number of hydrogen-bond acceptors (Lipinski definition) is 3. The highest BCUT2D eigenvalue weighted by Crippen LogP contribution is 2.25. The third-order valence-electron chi connectivity index (χ3n) is 3.95. The van der Waals surface area contributed by atoms with E-state index in [0.717, 1.165) is 19.6 Å². The molecule has 0 N–H and O–H groups in total. The average molecular weight is 430 g/mol. The topological polar surface area (TPSA) is 32.8 Å². The van der Waals surface area contributed by atoms with Gasteiger partial charge in [0, 0.05) is 29.7 Å². The summed E-state index contributed by atoms with van der Waals surface area (Å²) in [6.07, 6.45) is -0.212.